The zero-order valence-corrected chi connectivity index (χ0v) is 10.9. The monoisotopic (exact) mass is 248 g/mol. The van der Waals surface area contributed by atoms with Crippen molar-refractivity contribution in [1.82, 2.24) is 10.6 Å². The Bertz CT molecular complexity index is 441. The van der Waals surface area contributed by atoms with Crippen molar-refractivity contribution in [1.29, 1.82) is 0 Å². The van der Waals surface area contributed by atoms with Crippen molar-refractivity contribution in [3.8, 4) is 0 Å². The number of aliphatic carboxylic acids is 1. The lowest BCUT2D eigenvalue weighted by atomic mass is 9.86. The van der Waals surface area contributed by atoms with Gasteiger partial charge in [-0.05, 0) is 25.0 Å². The van der Waals surface area contributed by atoms with Gasteiger partial charge in [0.2, 0.25) is 0 Å². The normalized spacial score (nSPS) is 19.0. The summed E-state index contributed by atoms with van der Waals surface area (Å²) in [4.78, 5) is 10.9. The molecule has 3 N–H and O–H groups in total. The Morgan fingerprint density at radius 1 is 1.50 bits per heavy atom. The Balaban J connectivity index is 2.08. The highest BCUT2D eigenvalue weighted by Crippen LogP contribution is 2.24. The molecule has 4 heteroatoms. The van der Waals surface area contributed by atoms with Crippen LogP contribution < -0.4 is 10.6 Å². The predicted octanol–water partition coefficient (Wildman–Crippen LogP) is 1.46. The minimum absolute atomic E-state index is 0.160. The Labute approximate surface area is 107 Å². The number of benzene rings is 1. The summed E-state index contributed by atoms with van der Waals surface area (Å²) in [6, 6.07) is 8.37. The smallest absolute Gasteiger partial charge is 0.305 e. The molecule has 1 aromatic rings. The van der Waals surface area contributed by atoms with E-state index in [4.69, 9.17) is 5.11 Å². The van der Waals surface area contributed by atoms with E-state index in [-0.39, 0.29) is 18.0 Å². The molecule has 0 spiro atoms. The number of rotatable bonds is 5. The first-order valence-electron chi connectivity index (χ1n) is 6.28. The molecule has 1 aliphatic heterocycles. The van der Waals surface area contributed by atoms with E-state index in [1.807, 2.05) is 12.1 Å². The van der Waals surface area contributed by atoms with E-state index < -0.39 is 5.97 Å². The average Bonchev–Trinajstić information content (AvgIpc) is 2.25. The van der Waals surface area contributed by atoms with Crippen molar-refractivity contribution in [3.63, 3.8) is 0 Å². The fraction of sp³-hybridized carbons (Fsp3) is 0.500. The minimum Gasteiger partial charge on any atom is -0.481 e. The maximum atomic E-state index is 10.9. The van der Waals surface area contributed by atoms with Gasteiger partial charge in [-0.15, -0.1) is 0 Å². The molecule has 0 saturated carbocycles. The van der Waals surface area contributed by atoms with Crippen LogP contribution in [0, 0.1) is 6.92 Å². The van der Waals surface area contributed by atoms with Crippen LogP contribution in [-0.2, 0) is 4.79 Å². The van der Waals surface area contributed by atoms with E-state index in [0.717, 1.165) is 13.1 Å². The van der Waals surface area contributed by atoms with Crippen LogP contribution in [0.5, 0.6) is 0 Å². The Kier molecular flexibility index (Phi) is 3.68. The average molecular weight is 248 g/mol. The van der Waals surface area contributed by atoms with Crippen molar-refractivity contribution >= 4 is 5.97 Å². The molecule has 1 aromatic carbocycles. The van der Waals surface area contributed by atoms with Gasteiger partial charge >= 0.3 is 5.97 Å². The molecule has 1 unspecified atom stereocenters. The summed E-state index contributed by atoms with van der Waals surface area (Å²) in [5.41, 5.74) is 2.16. The standard InChI is InChI=1S/C14H20N2O2/c1-10-5-3-4-6-12(10)11(2)16-14(7-13(17)18)8-15-9-14/h3-6,11,15-16H,7-9H2,1-2H3,(H,17,18). The molecular weight excluding hydrogens is 228 g/mol. The maximum Gasteiger partial charge on any atom is 0.305 e. The third-order valence-corrected chi connectivity index (χ3v) is 3.59. The van der Waals surface area contributed by atoms with Gasteiger partial charge in [0.25, 0.3) is 0 Å². The van der Waals surface area contributed by atoms with Gasteiger partial charge in [0.05, 0.1) is 12.0 Å². The summed E-state index contributed by atoms with van der Waals surface area (Å²) in [5.74, 6) is -0.749. The number of hydrogen-bond donors (Lipinski definition) is 3. The number of hydrogen-bond acceptors (Lipinski definition) is 3. The molecule has 2 rings (SSSR count). The molecule has 1 atom stereocenters. The lowest BCUT2D eigenvalue weighted by Crippen LogP contribution is -2.68. The SMILES string of the molecule is Cc1ccccc1C(C)NC1(CC(=O)O)CNC1. The van der Waals surface area contributed by atoms with E-state index in [2.05, 4.69) is 36.6 Å². The zero-order chi connectivity index (χ0) is 13.2. The molecular formula is C14H20N2O2. The summed E-state index contributed by atoms with van der Waals surface area (Å²) < 4.78 is 0. The molecule has 1 saturated heterocycles. The first-order chi connectivity index (χ1) is 8.52. The first-order valence-corrected chi connectivity index (χ1v) is 6.28. The Morgan fingerprint density at radius 2 is 2.17 bits per heavy atom. The molecule has 0 aromatic heterocycles. The van der Waals surface area contributed by atoms with E-state index >= 15 is 0 Å². The lowest BCUT2D eigenvalue weighted by molar-refractivity contribution is -0.139. The van der Waals surface area contributed by atoms with Crippen LogP contribution in [0.25, 0.3) is 0 Å². The molecule has 0 bridgehead atoms. The zero-order valence-electron chi connectivity index (χ0n) is 10.9. The van der Waals surface area contributed by atoms with Crippen molar-refractivity contribution in [2.75, 3.05) is 13.1 Å². The predicted molar refractivity (Wildman–Crippen MR) is 70.6 cm³/mol. The molecule has 0 radical (unpaired) electrons. The number of aryl methyl sites for hydroxylation is 1. The molecule has 1 aliphatic rings. The van der Waals surface area contributed by atoms with Gasteiger partial charge in [0, 0.05) is 19.1 Å². The van der Waals surface area contributed by atoms with E-state index in [0.29, 0.717) is 0 Å². The van der Waals surface area contributed by atoms with Gasteiger partial charge in [0.15, 0.2) is 0 Å². The summed E-state index contributed by atoms with van der Waals surface area (Å²) in [7, 11) is 0. The molecule has 1 heterocycles. The highest BCUT2D eigenvalue weighted by atomic mass is 16.4. The Hall–Kier alpha value is -1.39. The second kappa shape index (κ2) is 5.08. The highest BCUT2D eigenvalue weighted by Gasteiger charge is 2.40. The maximum absolute atomic E-state index is 10.9. The number of carbonyl (C=O) groups is 1. The number of carboxylic acid groups (broad SMARTS) is 1. The Morgan fingerprint density at radius 3 is 2.67 bits per heavy atom. The highest BCUT2D eigenvalue weighted by molar-refractivity contribution is 5.69. The third kappa shape index (κ3) is 2.71. The van der Waals surface area contributed by atoms with Gasteiger partial charge in [-0.1, -0.05) is 24.3 Å². The van der Waals surface area contributed by atoms with Crippen LogP contribution in [0.4, 0.5) is 0 Å². The molecule has 0 amide bonds. The topological polar surface area (TPSA) is 61.4 Å². The van der Waals surface area contributed by atoms with Crippen LogP contribution in [0.1, 0.15) is 30.5 Å². The second-order valence-electron chi connectivity index (χ2n) is 5.18. The molecule has 4 nitrogen and oxygen atoms in total. The van der Waals surface area contributed by atoms with Crippen LogP contribution in [0.3, 0.4) is 0 Å². The van der Waals surface area contributed by atoms with Crippen LogP contribution >= 0.6 is 0 Å². The second-order valence-corrected chi connectivity index (χ2v) is 5.18. The number of carboxylic acids is 1. The van der Waals surface area contributed by atoms with Crippen LogP contribution in [-0.4, -0.2) is 29.7 Å². The van der Waals surface area contributed by atoms with E-state index in [1.165, 1.54) is 11.1 Å². The van der Waals surface area contributed by atoms with Gasteiger partial charge in [-0.2, -0.15) is 0 Å². The first kappa shape index (κ1) is 13.1. The molecule has 98 valence electrons. The summed E-state index contributed by atoms with van der Waals surface area (Å²) in [5, 5.41) is 15.6. The van der Waals surface area contributed by atoms with Gasteiger partial charge in [-0.3, -0.25) is 4.79 Å². The molecule has 18 heavy (non-hydrogen) atoms. The van der Waals surface area contributed by atoms with Gasteiger partial charge in [0.1, 0.15) is 0 Å². The minimum atomic E-state index is -0.749. The summed E-state index contributed by atoms with van der Waals surface area (Å²) >= 11 is 0. The molecule has 0 aliphatic carbocycles. The summed E-state index contributed by atoms with van der Waals surface area (Å²) in [6.07, 6.45) is 0.163. The summed E-state index contributed by atoms with van der Waals surface area (Å²) in [6.45, 7) is 5.60. The largest absolute Gasteiger partial charge is 0.481 e. The van der Waals surface area contributed by atoms with E-state index in [1.54, 1.807) is 0 Å². The van der Waals surface area contributed by atoms with Gasteiger partial charge < -0.3 is 15.7 Å². The van der Waals surface area contributed by atoms with E-state index in [9.17, 15) is 4.79 Å². The fourth-order valence-electron chi connectivity index (χ4n) is 2.60. The quantitative estimate of drug-likeness (QED) is 0.738. The van der Waals surface area contributed by atoms with Crippen LogP contribution in [0.2, 0.25) is 0 Å². The van der Waals surface area contributed by atoms with Crippen molar-refractivity contribution in [2.24, 2.45) is 0 Å². The van der Waals surface area contributed by atoms with Gasteiger partial charge in [-0.25, -0.2) is 0 Å². The van der Waals surface area contributed by atoms with Crippen LogP contribution in [0.15, 0.2) is 24.3 Å². The molecule has 1 fully saturated rings. The third-order valence-electron chi connectivity index (χ3n) is 3.59. The van der Waals surface area contributed by atoms with Crippen molar-refractivity contribution < 1.29 is 9.90 Å². The fourth-order valence-corrected chi connectivity index (χ4v) is 2.60. The van der Waals surface area contributed by atoms with Crippen molar-refractivity contribution in [2.45, 2.75) is 31.8 Å². The number of nitrogens with one attached hydrogen (secondary N) is 2. The lowest BCUT2D eigenvalue weighted by Gasteiger charge is -2.44. The van der Waals surface area contributed by atoms with Crippen molar-refractivity contribution in [3.05, 3.63) is 35.4 Å².